The molecule has 1 heterocycles. The predicted molar refractivity (Wildman–Crippen MR) is 119 cm³/mol. The van der Waals surface area contributed by atoms with Crippen LogP contribution < -0.4 is 0 Å². The number of rotatable bonds is 7. The van der Waals surface area contributed by atoms with Gasteiger partial charge < -0.3 is 9.64 Å². The molecule has 0 aliphatic carbocycles. The standard InChI is InChI=1S/C26H28FNO3/c1-5-13-31-26(30)25-18(4)28(16-19-7-6-8-22(27)14-19)24(29)15-23(25)21-11-9-20(10-12-21)17(2)3/h5-12,14,17,23H,1,13,15-16H2,2-4H3. The van der Waals surface area contributed by atoms with Gasteiger partial charge in [-0.05, 0) is 41.7 Å². The van der Waals surface area contributed by atoms with E-state index in [1.165, 1.54) is 28.7 Å². The lowest BCUT2D eigenvalue weighted by atomic mass is 9.83. The van der Waals surface area contributed by atoms with Crippen molar-refractivity contribution < 1.29 is 18.7 Å². The smallest absolute Gasteiger partial charge is 0.336 e. The van der Waals surface area contributed by atoms with Gasteiger partial charge in [-0.1, -0.05) is 62.9 Å². The minimum atomic E-state index is -0.466. The first kappa shape index (κ1) is 22.5. The largest absolute Gasteiger partial charge is 0.458 e. The lowest BCUT2D eigenvalue weighted by Crippen LogP contribution is -2.38. The third kappa shape index (κ3) is 5.10. The number of ether oxygens (including phenoxy) is 1. The average Bonchev–Trinajstić information content (AvgIpc) is 2.74. The highest BCUT2D eigenvalue weighted by atomic mass is 19.1. The third-order valence-electron chi connectivity index (χ3n) is 5.61. The molecule has 0 N–H and O–H groups in total. The van der Waals surface area contributed by atoms with Crippen LogP contribution in [-0.2, 0) is 20.9 Å². The van der Waals surface area contributed by atoms with E-state index in [4.69, 9.17) is 4.74 Å². The van der Waals surface area contributed by atoms with E-state index in [1.54, 1.807) is 19.1 Å². The van der Waals surface area contributed by atoms with Crippen LogP contribution in [0.15, 0.2) is 72.5 Å². The van der Waals surface area contributed by atoms with E-state index < -0.39 is 11.9 Å². The number of amides is 1. The summed E-state index contributed by atoms with van der Waals surface area (Å²) in [6.45, 7) is 9.86. The second-order valence-corrected chi connectivity index (χ2v) is 8.07. The molecule has 162 valence electrons. The fraction of sp³-hybridized carbons (Fsp3) is 0.308. The number of carbonyl (C=O) groups excluding carboxylic acids is 2. The molecule has 1 amide bonds. The van der Waals surface area contributed by atoms with Crippen LogP contribution in [0.3, 0.4) is 0 Å². The van der Waals surface area contributed by atoms with Crippen LogP contribution >= 0.6 is 0 Å². The number of allylic oxidation sites excluding steroid dienone is 1. The molecular formula is C26H28FNO3. The van der Waals surface area contributed by atoms with Crippen molar-refractivity contribution in [2.45, 2.75) is 45.6 Å². The van der Waals surface area contributed by atoms with Crippen molar-refractivity contribution in [3.8, 4) is 0 Å². The lowest BCUT2D eigenvalue weighted by molar-refractivity contribution is -0.139. The Balaban J connectivity index is 2.01. The normalized spacial score (nSPS) is 16.6. The molecule has 0 aromatic heterocycles. The van der Waals surface area contributed by atoms with Crippen LogP contribution in [-0.4, -0.2) is 23.4 Å². The molecule has 2 aromatic carbocycles. The van der Waals surface area contributed by atoms with Gasteiger partial charge in [0.05, 0.1) is 12.1 Å². The number of halogens is 1. The number of esters is 1. The molecular weight excluding hydrogens is 393 g/mol. The summed E-state index contributed by atoms with van der Waals surface area (Å²) in [6, 6.07) is 14.1. The molecule has 3 rings (SSSR count). The molecule has 5 heteroatoms. The van der Waals surface area contributed by atoms with Crippen molar-refractivity contribution in [2.24, 2.45) is 0 Å². The van der Waals surface area contributed by atoms with Gasteiger partial charge in [0.1, 0.15) is 12.4 Å². The first-order chi connectivity index (χ1) is 14.8. The van der Waals surface area contributed by atoms with Gasteiger partial charge in [0.25, 0.3) is 0 Å². The van der Waals surface area contributed by atoms with Crippen molar-refractivity contribution in [3.05, 3.63) is 95.0 Å². The molecule has 0 saturated heterocycles. The first-order valence-corrected chi connectivity index (χ1v) is 10.4. The molecule has 1 aliphatic heterocycles. The predicted octanol–water partition coefficient (Wildman–Crippen LogP) is 5.47. The molecule has 31 heavy (non-hydrogen) atoms. The highest BCUT2D eigenvalue weighted by Crippen LogP contribution is 2.38. The van der Waals surface area contributed by atoms with Gasteiger partial charge in [0, 0.05) is 18.0 Å². The average molecular weight is 422 g/mol. The summed E-state index contributed by atoms with van der Waals surface area (Å²) < 4.78 is 19.0. The number of hydrogen-bond acceptors (Lipinski definition) is 3. The summed E-state index contributed by atoms with van der Waals surface area (Å²) in [5.41, 5.74) is 3.73. The van der Waals surface area contributed by atoms with Crippen LogP contribution in [0.1, 0.15) is 55.7 Å². The number of nitrogens with zero attached hydrogens (tertiary/aromatic N) is 1. The number of benzene rings is 2. The van der Waals surface area contributed by atoms with Gasteiger partial charge in [-0.3, -0.25) is 4.79 Å². The van der Waals surface area contributed by atoms with Gasteiger partial charge in [0.2, 0.25) is 5.91 Å². The van der Waals surface area contributed by atoms with E-state index in [0.717, 1.165) is 5.56 Å². The zero-order chi connectivity index (χ0) is 22.5. The molecule has 4 nitrogen and oxygen atoms in total. The maximum absolute atomic E-state index is 13.6. The second-order valence-electron chi connectivity index (χ2n) is 8.07. The van der Waals surface area contributed by atoms with Gasteiger partial charge in [-0.25, -0.2) is 9.18 Å². The Morgan fingerprint density at radius 1 is 1.26 bits per heavy atom. The Bertz CT molecular complexity index is 1010. The summed E-state index contributed by atoms with van der Waals surface area (Å²) in [5.74, 6) is -0.947. The Kier molecular flexibility index (Phi) is 7.06. The van der Waals surface area contributed by atoms with Crippen LogP contribution in [0.25, 0.3) is 0 Å². The van der Waals surface area contributed by atoms with Gasteiger partial charge in [0.15, 0.2) is 0 Å². The molecule has 0 radical (unpaired) electrons. The topological polar surface area (TPSA) is 46.6 Å². The Morgan fingerprint density at radius 3 is 2.58 bits per heavy atom. The van der Waals surface area contributed by atoms with Crippen LogP contribution in [0.5, 0.6) is 0 Å². The van der Waals surface area contributed by atoms with Crippen molar-refractivity contribution in [2.75, 3.05) is 6.61 Å². The summed E-state index contributed by atoms with van der Waals surface area (Å²) in [7, 11) is 0. The highest BCUT2D eigenvalue weighted by molar-refractivity contribution is 5.95. The van der Waals surface area contributed by atoms with Crippen molar-refractivity contribution in [3.63, 3.8) is 0 Å². The van der Waals surface area contributed by atoms with E-state index in [1.807, 2.05) is 24.3 Å². The molecule has 0 spiro atoms. The van der Waals surface area contributed by atoms with Crippen molar-refractivity contribution >= 4 is 11.9 Å². The molecule has 2 aromatic rings. The molecule has 1 unspecified atom stereocenters. The Morgan fingerprint density at radius 2 is 1.97 bits per heavy atom. The minimum absolute atomic E-state index is 0.0897. The van der Waals surface area contributed by atoms with E-state index in [-0.39, 0.29) is 31.3 Å². The van der Waals surface area contributed by atoms with Gasteiger partial charge in [-0.15, -0.1) is 0 Å². The second kappa shape index (κ2) is 9.73. The maximum Gasteiger partial charge on any atom is 0.336 e. The van der Waals surface area contributed by atoms with Crippen LogP contribution in [0.4, 0.5) is 4.39 Å². The van der Waals surface area contributed by atoms with Gasteiger partial charge >= 0.3 is 5.97 Å². The molecule has 1 aliphatic rings. The Labute approximate surface area is 183 Å². The maximum atomic E-state index is 13.6. The summed E-state index contributed by atoms with van der Waals surface area (Å²) in [6.07, 6.45) is 1.66. The SMILES string of the molecule is C=CCOC(=O)C1=C(C)N(Cc2cccc(F)c2)C(=O)CC1c1ccc(C(C)C)cc1. The quantitative estimate of drug-likeness (QED) is 0.440. The van der Waals surface area contributed by atoms with Gasteiger partial charge in [-0.2, -0.15) is 0 Å². The van der Waals surface area contributed by atoms with E-state index in [2.05, 4.69) is 20.4 Å². The number of hydrogen-bond donors (Lipinski definition) is 0. The zero-order valence-corrected chi connectivity index (χ0v) is 18.2. The van der Waals surface area contributed by atoms with E-state index >= 15 is 0 Å². The molecule has 0 bridgehead atoms. The fourth-order valence-electron chi connectivity index (χ4n) is 3.90. The third-order valence-corrected chi connectivity index (χ3v) is 5.61. The first-order valence-electron chi connectivity index (χ1n) is 10.4. The van der Waals surface area contributed by atoms with Crippen molar-refractivity contribution in [1.82, 2.24) is 4.90 Å². The van der Waals surface area contributed by atoms with E-state index in [0.29, 0.717) is 22.8 Å². The van der Waals surface area contributed by atoms with Crippen LogP contribution in [0, 0.1) is 5.82 Å². The lowest BCUT2D eigenvalue weighted by Gasteiger charge is -2.34. The monoisotopic (exact) mass is 421 g/mol. The Hall–Kier alpha value is -3.21. The highest BCUT2D eigenvalue weighted by Gasteiger charge is 2.37. The molecule has 0 fully saturated rings. The zero-order valence-electron chi connectivity index (χ0n) is 18.2. The van der Waals surface area contributed by atoms with Crippen LogP contribution in [0.2, 0.25) is 0 Å². The molecule has 1 atom stereocenters. The molecule has 0 saturated carbocycles. The van der Waals surface area contributed by atoms with Crippen molar-refractivity contribution in [1.29, 1.82) is 0 Å². The summed E-state index contributed by atoms with van der Waals surface area (Å²) in [5, 5.41) is 0. The van der Waals surface area contributed by atoms with E-state index in [9.17, 15) is 14.0 Å². The minimum Gasteiger partial charge on any atom is -0.458 e. The summed E-state index contributed by atoms with van der Waals surface area (Å²) in [4.78, 5) is 27.6. The number of carbonyl (C=O) groups is 2. The summed E-state index contributed by atoms with van der Waals surface area (Å²) >= 11 is 0. The fourth-order valence-corrected chi connectivity index (χ4v) is 3.90.